The van der Waals surface area contributed by atoms with Crippen molar-refractivity contribution in [3.8, 4) is 11.3 Å². The van der Waals surface area contributed by atoms with Crippen LogP contribution in [-0.4, -0.2) is 10.9 Å². The first-order chi connectivity index (χ1) is 12.1. The van der Waals surface area contributed by atoms with Crippen LogP contribution in [0.5, 0.6) is 0 Å². The minimum atomic E-state index is -0.291. The number of halogens is 1. The van der Waals surface area contributed by atoms with E-state index in [1.807, 2.05) is 37.3 Å². The number of amides is 1. The van der Waals surface area contributed by atoms with Gasteiger partial charge >= 0.3 is 0 Å². The Balaban J connectivity index is 1.52. The van der Waals surface area contributed by atoms with E-state index in [1.165, 1.54) is 12.1 Å². The van der Waals surface area contributed by atoms with Crippen LogP contribution in [0.15, 0.2) is 65.2 Å². The molecular weight excluding hydrogens is 319 g/mol. The second-order valence-electron chi connectivity index (χ2n) is 5.83. The molecule has 3 aromatic rings. The van der Waals surface area contributed by atoms with Gasteiger partial charge in [0, 0.05) is 18.4 Å². The first-order valence-electron chi connectivity index (χ1n) is 8.17. The molecular formula is C20H19FN2O2. The fourth-order valence-electron chi connectivity index (χ4n) is 2.53. The molecule has 1 amide bonds. The van der Waals surface area contributed by atoms with Crippen LogP contribution in [0.1, 0.15) is 30.8 Å². The molecule has 0 aliphatic heterocycles. The molecule has 2 aromatic carbocycles. The summed E-state index contributed by atoms with van der Waals surface area (Å²) in [5.74, 6) is 0.829. The van der Waals surface area contributed by atoms with E-state index in [1.54, 1.807) is 18.3 Å². The molecule has 0 saturated carbocycles. The standard InChI is InChI=1S/C20H19FN2O2/c1-14(15-7-9-17(21)10-8-15)23-19(24)11-12-20-22-13-18(25-20)16-5-3-2-4-6-16/h2-10,13-14H,11-12H2,1H3,(H,23,24). The Hall–Kier alpha value is -2.95. The molecule has 0 fully saturated rings. The van der Waals surface area contributed by atoms with Crippen LogP contribution < -0.4 is 5.32 Å². The van der Waals surface area contributed by atoms with Gasteiger partial charge in [0.05, 0.1) is 12.2 Å². The molecule has 1 heterocycles. The topological polar surface area (TPSA) is 55.1 Å². The van der Waals surface area contributed by atoms with Crippen molar-refractivity contribution in [1.29, 1.82) is 0 Å². The van der Waals surface area contributed by atoms with Crippen molar-refractivity contribution in [3.63, 3.8) is 0 Å². The van der Waals surface area contributed by atoms with Crippen LogP contribution in [0, 0.1) is 5.82 Å². The van der Waals surface area contributed by atoms with E-state index in [2.05, 4.69) is 10.3 Å². The molecule has 25 heavy (non-hydrogen) atoms. The maximum Gasteiger partial charge on any atom is 0.220 e. The number of hydrogen-bond acceptors (Lipinski definition) is 3. The third-order valence-electron chi connectivity index (χ3n) is 3.93. The van der Waals surface area contributed by atoms with Crippen LogP contribution in [0.4, 0.5) is 4.39 Å². The fourth-order valence-corrected chi connectivity index (χ4v) is 2.53. The summed E-state index contributed by atoms with van der Waals surface area (Å²) in [6, 6.07) is 15.6. The number of aryl methyl sites for hydroxylation is 1. The van der Waals surface area contributed by atoms with Gasteiger partial charge in [0.1, 0.15) is 5.82 Å². The number of carbonyl (C=O) groups is 1. The maximum absolute atomic E-state index is 12.9. The second-order valence-corrected chi connectivity index (χ2v) is 5.83. The summed E-state index contributed by atoms with van der Waals surface area (Å²) in [7, 11) is 0. The average molecular weight is 338 g/mol. The molecule has 3 rings (SSSR count). The predicted molar refractivity (Wildman–Crippen MR) is 93.2 cm³/mol. The molecule has 128 valence electrons. The normalized spacial score (nSPS) is 11.9. The van der Waals surface area contributed by atoms with Crippen molar-refractivity contribution in [2.45, 2.75) is 25.8 Å². The van der Waals surface area contributed by atoms with Gasteiger partial charge in [-0.1, -0.05) is 42.5 Å². The van der Waals surface area contributed by atoms with Gasteiger partial charge in [-0.25, -0.2) is 9.37 Å². The SMILES string of the molecule is CC(NC(=O)CCc1ncc(-c2ccccc2)o1)c1ccc(F)cc1. The number of benzene rings is 2. The van der Waals surface area contributed by atoms with E-state index in [0.29, 0.717) is 18.1 Å². The zero-order chi connectivity index (χ0) is 17.6. The van der Waals surface area contributed by atoms with Gasteiger partial charge in [-0.05, 0) is 24.6 Å². The Morgan fingerprint density at radius 3 is 2.60 bits per heavy atom. The lowest BCUT2D eigenvalue weighted by molar-refractivity contribution is -0.121. The van der Waals surface area contributed by atoms with Gasteiger partial charge in [-0.2, -0.15) is 0 Å². The molecule has 0 spiro atoms. The maximum atomic E-state index is 12.9. The Labute approximate surface area is 145 Å². The number of aromatic nitrogens is 1. The number of hydrogen-bond donors (Lipinski definition) is 1. The lowest BCUT2D eigenvalue weighted by atomic mass is 10.1. The van der Waals surface area contributed by atoms with Gasteiger partial charge < -0.3 is 9.73 Å². The zero-order valence-electron chi connectivity index (χ0n) is 13.9. The van der Waals surface area contributed by atoms with Crippen LogP contribution in [0.3, 0.4) is 0 Å². The molecule has 1 N–H and O–H groups in total. The lowest BCUT2D eigenvalue weighted by Crippen LogP contribution is -2.26. The molecule has 5 heteroatoms. The van der Waals surface area contributed by atoms with Crippen LogP contribution in [-0.2, 0) is 11.2 Å². The van der Waals surface area contributed by atoms with Gasteiger partial charge in [0.2, 0.25) is 5.91 Å². The largest absolute Gasteiger partial charge is 0.441 e. The van der Waals surface area contributed by atoms with E-state index < -0.39 is 0 Å². The first kappa shape index (κ1) is 16.9. The van der Waals surface area contributed by atoms with Crippen LogP contribution >= 0.6 is 0 Å². The van der Waals surface area contributed by atoms with Crippen molar-refractivity contribution < 1.29 is 13.6 Å². The fraction of sp³-hybridized carbons (Fsp3) is 0.200. The molecule has 0 aliphatic carbocycles. The second kappa shape index (κ2) is 7.75. The Kier molecular flexibility index (Phi) is 5.23. The van der Waals surface area contributed by atoms with Crippen molar-refractivity contribution in [1.82, 2.24) is 10.3 Å². The number of nitrogens with one attached hydrogen (secondary N) is 1. The highest BCUT2D eigenvalue weighted by Gasteiger charge is 2.12. The summed E-state index contributed by atoms with van der Waals surface area (Å²) in [5.41, 5.74) is 1.81. The highest BCUT2D eigenvalue weighted by atomic mass is 19.1. The molecule has 1 aromatic heterocycles. The monoisotopic (exact) mass is 338 g/mol. The van der Waals surface area contributed by atoms with E-state index in [9.17, 15) is 9.18 Å². The average Bonchev–Trinajstić information content (AvgIpc) is 3.10. The number of rotatable bonds is 6. The van der Waals surface area contributed by atoms with Gasteiger partial charge in [0.15, 0.2) is 11.7 Å². The summed E-state index contributed by atoms with van der Waals surface area (Å²) in [5, 5.41) is 2.89. The molecule has 1 unspecified atom stereocenters. The lowest BCUT2D eigenvalue weighted by Gasteiger charge is -2.14. The number of nitrogens with zero attached hydrogens (tertiary/aromatic N) is 1. The van der Waals surface area contributed by atoms with E-state index >= 15 is 0 Å². The van der Waals surface area contributed by atoms with E-state index in [-0.39, 0.29) is 24.2 Å². The minimum Gasteiger partial charge on any atom is -0.441 e. The smallest absolute Gasteiger partial charge is 0.220 e. The van der Waals surface area contributed by atoms with Crippen molar-refractivity contribution in [3.05, 3.63) is 78.1 Å². The quantitative estimate of drug-likeness (QED) is 0.729. The van der Waals surface area contributed by atoms with Crippen molar-refractivity contribution >= 4 is 5.91 Å². The third kappa shape index (κ3) is 4.53. The van der Waals surface area contributed by atoms with Gasteiger partial charge in [0.25, 0.3) is 0 Å². The van der Waals surface area contributed by atoms with Crippen LogP contribution in [0.2, 0.25) is 0 Å². The Bertz CT molecular complexity index is 828. The number of oxazole rings is 1. The summed E-state index contributed by atoms with van der Waals surface area (Å²) >= 11 is 0. The third-order valence-corrected chi connectivity index (χ3v) is 3.93. The summed E-state index contributed by atoms with van der Waals surface area (Å²) < 4.78 is 18.6. The first-order valence-corrected chi connectivity index (χ1v) is 8.17. The molecule has 4 nitrogen and oxygen atoms in total. The van der Waals surface area contributed by atoms with Gasteiger partial charge in [-0.15, -0.1) is 0 Å². The van der Waals surface area contributed by atoms with E-state index in [0.717, 1.165) is 11.1 Å². The molecule has 0 saturated heterocycles. The highest BCUT2D eigenvalue weighted by Crippen LogP contribution is 2.20. The van der Waals surface area contributed by atoms with Gasteiger partial charge in [-0.3, -0.25) is 4.79 Å². The summed E-state index contributed by atoms with van der Waals surface area (Å²) in [6.45, 7) is 1.86. The molecule has 1 atom stereocenters. The number of carbonyl (C=O) groups excluding carboxylic acids is 1. The predicted octanol–water partition coefficient (Wildman–Crippen LogP) is 4.29. The molecule has 0 aliphatic rings. The van der Waals surface area contributed by atoms with Crippen molar-refractivity contribution in [2.24, 2.45) is 0 Å². The van der Waals surface area contributed by atoms with E-state index in [4.69, 9.17) is 4.42 Å². The zero-order valence-corrected chi connectivity index (χ0v) is 13.9. The minimum absolute atomic E-state index is 0.101. The molecule has 0 radical (unpaired) electrons. The highest BCUT2D eigenvalue weighted by molar-refractivity contribution is 5.76. The Morgan fingerprint density at radius 1 is 1.16 bits per heavy atom. The van der Waals surface area contributed by atoms with Crippen molar-refractivity contribution in [2.75, 3.05) is 0 Å². The Morgan fingerprint density at radius 2 is 1.88 bits per heavy atom. The van der Waals surface area contributed by atoms with Crippen LogP contribution in [0.25, 0.3) is 11.3 Å². The molecule has 0 bridgehead atoms. The summed E-state index contributed by atoms with van der Waals surface area (Å²) in [6.07, 6.45) is 2.37. The summed E-state index contributed by atoms with van der Waals surface area (Å²) in [4.78, 5) is 16.3.